The molecule has 3 heterocycles. The minimum absolute atomic E-state index is 0.232. The molecule has 9 nitrogen and oxygen atoms in total. The van der Waals surface area contributed by atoms with Crippen molar-refractivity contribution in [2.24, 2.45) is 7.05 Å². The van der Waals surface area contributed by atoms with Gasteiger partial charge in [0.05, 0.1) is 5.52 Å². The zero-order valence-corrected chi connectivity index (χ0v) is 16.0. The van der Waals surface area contributed by atoms with Crippen LogP contribution in [0.4, 0.5) is 28.8 Å². The maximum atomic E-state index is 12.5. The van der Waals surface area contributed by atoms with Crippen LogP contribution in [-0.4, -0.2) is 30.8 Å². The number of benzene rings is 1. The number of anilines is 2. The fourth-order valence-electron chi connectivity index (χ4n) is 2.53. The third-order valence-electron chi connectivity index (χ3n) is 3.84. The third kappa shape index (κ3) is 4.15. The average molecular weight is 435 g/mol. The molecule has 154 valence electrons. The summed E-state index contributed by atoms with van der Waals surface area (Å²) in [5.74, 6) is 0.851. The van der Waals surface area contributed by atoms with Crippen LogP contribution in [0.25, 0.3) is 11.0 Å². The van der Waals surface area contributed by atoms with E-state index in [-0.39, 0.29) is 16.5 Å². The number of rotatable bonds is 4. The van der Waals surface area contributed by atoms with Gasteiger partial charge >= 0.3 is 12.2 Å². The van der Waals surface area contributed by atoms with Crippen molar-refractivity contribution in [3.8, 4) is 11.6 Å². The Bertz CT molecular complexity index is 1200. The van der Waals surface area contributed by atoms with E-state index in [0.29, 0.717) is 17.3 Å². The van der Waals surface area contributed by atoms with Crippen LogP contribution in [0.15, 0.2) is 42.9 Å². The Hall–Kier alpha value is -3.74. The summed E-state index contributed by atoms with van der Waals surface area (Å²) in [6, 6.07) is 7.44. The molecule has 0 atom stereocenters. The van der Waals surface area contributed by atoms with Gasteiger partial charge in [0.2, 0.25) is 16.0 Å². The smallest absolute Gasteiger partial charge is 0.437 e. The SMILES string of the molecule is Cn1ccc2ncnc(Oc3ccc(NC(=O)Nc4nnc(C(F)(F)F)s4)cc3)c21. The molecule has 2 N–H and O–H groups in total. The number of carbonyl (C=O) groups excluding carboxylic acids is 1. The van der Waals surface area contributed by atoms with Gasteiger partial charge in [-0.25, -0.2) is 9.78 Å². The summed E-state index contributed by atoms with van der Waals surface area (Å²) in [4.78, 5) is 20.3. The maximum Gasteiger partial charge on any atom is 0.445 e. The van der Waals surface area contributed by atoms with Crippen LogP contribution in [0.3, 0.4) is 0 Å². The highest BCUT2D eigenvalue weighted by Crippen LogP contribution is 2.33. The van der Waals surface area contributed by atoms with E-state index in [4.69, 9.17) is 4.74 Å². The van der Waals surface area contributed by atoms with E-state index >= 15 is 0 Å². The first-order valence-electron chi connectivity index (χ1n) is 8.32. The Kier molecular flexibility index (Phi) is 4.95. The number of alkyl halides is 3. The Labute approximate surface area is 170 Å². The lowest BCUT2D eigenvalue weighted by Crippen LogP contribution is -2.19. The number of hydrogen-bond acceptors (Lipinski definition) is 7. The van der Waals surface area contributed by atoms with Gasteiger partial charge in [0, 0.05) is 18.9 Å². The molecule has 1 aromatic carbocycles. The number of urea groups is 1. The number of aromatic nitrogens is 5. The van der Waals surface area contributed by atoms with Crippen molar-refractivity contribution in [3.63, 3.8) is 0 Å². The minimum Gasteiger partial charge on any atom is -0.437 e. The van der Waals surface area contributed by atoms with Gasteiger partial charge in [-0.15, -0.1) is 10.2 Å². The molecule has 13 heteroatoms. The Morgan fingerprint density at radius 2 is 1.87 bits per heavy atom. The Morgan fingerprint density at radius 3 is 2.57 bits per heavy atom. The zero-order chi connectivity index (χ0) is 21.3. The first kappa shape index (κ1) is 19.6. The highest BCUT2D eigenvalue weighted by Gasteiger charge is 2.35. The number of fused-ring (bicyclic) bond motifs is 1. The lowest BCUT2D eigenvalue weighted by Gasteiger charge is -2.09. The van der Waals surface area contributed by atoms with Crippen LogP contribution in [-0.2, 0) is 13.2 Å². The minimum atomic E-state index is -4.61. The molecule has 0 bridgehead atoms. The second-order valence-electron chi connectivity index (χ2n) is 5.96. The van der Waals surface area contributed by atoms with E-state index in [9.17, 15) is 18.0 Å². The molecular formula is C17H12F3N7O2S. The molecule has 0 fully saturated rings. The van der Waals surface area contributed by atoms with Gasteiger partial charge in [0.15, 0.2) is 0 Å². The molecule has 0 spiro atoms. The van der Waals surface area contributed by atoms with Crippen LogP contribution in [0.2, 0.25) is 0 Å². The first-order chi connectivity index (χ1) is 14.3. The average Bonchev–Trinajstić information content (AvgIpc) is 3.31. The topological polar surface area (TPSA) is 107 Å². The van der Waals surface area contributed by atoms with Crippen molar-refractivity contribution in [2.45, 2.75) is 6.18 Å². The molecule has 0 radical (unpaired) electrons. The molecule has 4 rings (SSSR count). The summed E-state index contributed by atoms with van der Waals surface area (Å²) in [6.07, 6.45) is -1.37. The van der Waals surface area contributed by atoms with Gasteiger partial charge in [-0.05, 0) is 30.3 Å². The lowest BCUT2D eigenvalue weighted by molar-refractivity contribution is -0.138. The Balaban J connectivity index is 1.40. The summed E-state index contributed by atoms with van der Waals surface area (Å²) in [5, 5.41) is 9.57. The fraction of sp³-hybridized carbons (Fsp3) is 0.118. The normalized spacial score (nSPS) is 11.5. The highest BCUT2D eigenvalue weighted by atomic mass is 32.1. The molecule has 0 aliphatic carbocycles. The second kappa shape index (κ2) is 7.59. The van der Waals surface area contributed by atoms with Crippen LogP contribution >= 0.6 is 11.3 Å². The molecule has 0 saturated heterocycles. The first-order valence-corrected chi connectivity index (χ1v) is 9.14. The summed E-state index contributed by atoms with van der Waals surface area (Å²) in [6.45, 7) is 0. The van der Waals surface area contributed by atoms with E-state index in [1.807, 2.05) is 23.9 Å². The fourth-order valence-corrected chi connectivity index (χ4v) is 3.13. The number of nitrogens with zero attached hydrogens (tertiary/aromatic N) is 5. The van der Waals surface area contributed by atoms with Crippen LogP contribution in [0.1, 0.15) is 5.01 Å². The van der Waals surface area contributed by atoms with E-state index in [1.54, 1.807) is 24.3 Å². The zero-order valence-electron chi connectivity index (χ0n) is 15.1. The monoisotopic (exact) mass is 435 g/mol. The van der Waals surface area contributed by atoms with Crippen molar-refractivity contribution in [1.82, 2.24) is 24.7 Å². The summed E-state index contributed by atoms with van der Waals surface area (Å²) in [5.41, 5.74) is 1.87. The van der Waals surface area contributed by atoms with Gasteiger partial charge in [-0.2, -0.15) is 18.2 Å². The number of aryl methyl sites for hydroxylation is 1. The second-order valence-corrected chi connectivity index (χ2v) is 6.93. The van der Waals surface area contributed by atoms with Gasteiger partial charge in [-0.3, -0.25) is 5.32 Å². The van der Waals surface area contributed by atoms with E-state index < -0.39 is 17.2 Å². The number of halogens is 3. The van der Waals surface area contributed by atoms with Gasteiger partial charge < -0.3 is 14.6 Å². The molecule has 0 unspecified atom stereocenters. The molecule has 30 heavy (non-hydrogen) atoms. The van der Waals surface area contributed by atoms with Crippen LogP contribution in [0, 0.1) is 0 Å². The predicted molar refractivity (Wildman–Crippen MR) is 103 cm³/mol. The summed E-state index contributed by atoms with van der Waals surface area (Å²) >= 11 is 0.232. The van der Waals surface area contributed by atoms with Crippen molar-refractivity contribution in [3.05, 3.63) is 47.9 Å². The highest BCUT2D eigenvalue weighted by molar-refractivity contribution is 7.15. The van der Waals surface area contributed by atoms with E-state index in [2.05, 4.69) is 30.8 Å². The number of amides is 2. The number of carbonyl (C=O) groups is 1. The van der Waals surface area contributed by atoms with Crippen molar-refractivity contribution < 1.29 is 22.7 Å². The molecular weight excluding hydrogens is 423 g/mol. The van der Waals surface area contributed by atoms with Crippen LogP contribution < -0.4 is 15.4 Å². The molecule has 4 aromatic rings. The van der Waals surface area contributed by atoms with Crippen LogP contribution in [0.5, 0.6) is 11.6 Å². The molecule has 0 aliphatic rings. The third-order valence-corrected chi connectivity index (χ3v) is 4.72. The standard InChI is InChI=1S/C17H12F3N7O2S/c1-27-7-6-11-12(27)13(22-8-21-11)29-10-4-2-9(3-5-10)23-15(28)24-16-26-25-14(30-16)17(18,19)20/h2-8H,1H3,(H2,23,24,26,28). The van der Waals surface area contributed by atoms with Gasteiger partial charge in [0.1, 0.15) is 17.6 Å². The van der Waals surface area contributed by atoms with Crippen molar-refractivity contribution >= 4 is 39.2 Å². The maximum absolute atomic E-state index is 12.5. The molecule has 0 aliphatic heterocycles. The summed E-state index contributed by atoms with van der Waals surface area (Å²) in [7, 11) is 1.85. The number of ether oxygens (including phenoxy) is 1. The lowest BCUT2D eigenvalue weighted by atomic mass is 10.3. The van der Waals surface area contributed by atoms with Crippen molar-refractivity contribution in [1.29, 1.82) is 0 Å². The molecule has 0 saturated carbocycles. The number of hydrogen-bond donors (Lipinski definition) is 2. The van der Waals surface area contributed by atoms with Gasteiger partial charge in [-0.1, -0.05) is 11.3 Å². The quantitative estimate of drug-likeness (QED) is 0.496. The molecule has 2 amide bonds. The largest absolute Gasteiger partial charge is 0.445 e. The van der Waals surface area contributed by atoms with E-state index in [1.165, 1.54) is 6.33 Å². The summed E-state index contributed by atoms with van der Waals surface area (Å²) < 4.78 is 45.2. The van der Waals surface area contributed by atoms with Gasteiger partial charge in [0.25, 0.3) is 0 Å². The molecule has 3 aromatic heterocycles. The Morgan fingerprint density at radius 1 is 1.10 bits per heavy atom. The predicted octanol–water partition coefficient (Wildman–Crippen LogP) is 4.27. The van der Waals surface area contributed by atoms with Crippen molar-refractivity contribution in [2.75, 3.05) is 10.6 Å². The number of nitrogens with one attached hydrogen (secondary N) is 2. The van der Waals surface area contributed by atoms with E-state index in [0.717, 1.165) is 11.0 Å².